The molecule has 0 atom stereocenters. The summed E-state index contributed by atoms with van der Waals surface area (Å²) in [4.78, 5) is 6.37. The molecule has 1 aromatic rings. The van der Waals surface area contributed by atoms with Gasteiger partial charge < -0.3 is 21.1 Å². The summed E-state index contributed by atoms with van der Waals surface area (Å²) in [6.07, 6.45) is 1.75. The fraction of sp³-hybridized carbons (Fsp3) is 0.545. The minimum absolute atomic E-state index is 0.572. The SMILES string of the molecule is CCOc1cccnc1N(CCN)CCN. The van der Waals surface area contributed by atoms with Crippen LogP contribution in [0.4, 0.5) is 5.82 Å². The first-order valence-corrected chi connectivity index (χ1v) is 5.56. The summed E-state index contributed by atoms with van der Waals surface area (Å²) < 4.78 is 5.52. The van der Waals surface area contributed by atoms with Crippen LogP contribution in [0.5, 0.6) is 5.75 Å². The van der Waals surface area contributed by atoms with E-state index in [1.165, 1.54) is 0 Å². The maximum Gasteiger partial charge on any atom is 0.171 e. The van der Waals surface area contributed by atoms with Gasteiger partial charge in [0.05, 0.1) is 6.61 Å². The molecule has 0 saturated heterocycles. The zero-order valence-corrected chi connectivity index (χ0v) is 9.72. The van der Waals surface area contributed by atoms with E-state index in [9.17, 15) is 0 Å². The molecule has 1 heterocycles. The first-order valence-electron chi connectivity index (χ1n) is 5.56. The van der Waals surface area contributed by atoms with Crippen molar-refractivity contribution in [2.45, 2.75) is 6.92 Å². The Hall–Kier alpha value is -1.33. The lowest BCUT2D eigenvalue weighted by molar-refractivity contribution is 0.339. The molecule has 0 saturated carbocycles. The van der Waals surface area contributed by atoms with E-state index < -0.39 is 0 Å². The first kappa shape index (κ1) is 12.7. The molecule has 0 fully saturated rings. The van der Waals surface area contributed by atoms with Gasteiger partial charge in [-0.25, -0.2) is 4.98 Å². The van der Waals surface area contributed by atoms with E-state index in [1.54, 1.807) is 6.20 Å². The molecule has 0 aliphatic heterocycles. The van der Waals surface area contributed by atoms with Crippen LogP contribution in [0.3, 0.4) is 0 Å². The molecular formula is C11H20N4O. The molecule has 0 amide bonds. The quantitative estimate of drug-likeness (QED) is 0.692. The van der Waals surface area contributed by atoms with Crippen molar-refractivity contribution in [3.8, 4) is 5.75 Å². The van der Waals surface area contributed by atoms with Gasteiger partial charge in [-0.2, -0.15) is 0 Å². The van der Waals surface area contributed by atoms with Crippen LogP contribution in [0.1, 0.15) is 6.92 Å². The third kappa shape index (κ3) is 3.36. The van der Waals surface area contributed by atoms with Crippen LogP contribution in [0.25, 0.3) is 0 Å². The lowest BCUT2D eigenvalue weighted by atomic mass is 10.3. The van der Waals surface area contributed by atoms with Crippen molar-refractivity contribution in [3.63, 3.8) is 0 Å². The van der Waals surface area contributed by atoms with E-state index in [-0.39, 0.29) is 0 Å². The zero-order valence-electron chi connectivity index (χ0n) is 9.72. The number of anilines is 1. The predicted molar refractivity (Wildman–Crippen MR) is 65.7 cm³/mol. The monoisotopic (exact) mass is 224 g/mol. The molecule has 0 unspecified atom stereocenters. The highest BCUT2D eigenvalue weighted by Gasteiger charge is 2.11. The lowest BCUT2D eigenvalue weighted by Gasteiger charge is -2.24. The maximum absolute atomic E-state index is 5.57. The molecule has 0 radical (unpaired) electrons. The number of aromatic nitrogens is 1. The summed E-state index contributed by atoms with van der Waals surface area (Å²) in [6, 6.07) is 3.77. The standard InChI is InChI=1S/C11H20N4O/c1-2-16-10-4-3-7-14-11(10)15(8-5-12)9-6-13/h3-4,7H,2,5-6,8-9,12-13H2,1H3. The number of pyridine rings is 1. The van der Waals surface area contributed by atoms with E-state index in [0.717, 1.165) is 24.7 Å². The van der Waals surface area contributed by atoms with E-state index in [2.05, 4.69) is 4.98 Å². The molecular weight excluding hydrogens is 204 g/mol. The minimum atomic E-state index is 0.572. The van der Waals surface area contributed by atoms with Crippen molar-refractivity contribution in [1.29, 1.82) is 0 Å². The Morgan fingerprint density at radius 1 is 1.31 bits per heavy atom. The maximum atomic E-state index is 5.57. The van der Waals surface area contributed by atoms with Gasteiger partial charge in [0.15, 0.2) is 11.6 Å². The molecule has 16 heavy (non-hydrogen) atoms. The molecule has 90 valence electrons. The fourth-order valence-corrected chi connectivity index (χ4v) is 1.52. The number of nitrogens with zero attached hydrogens (tertiary/aromatic N) is 2. The van der Waals surface area contributed by atoms with Gasteiger partial charge in [0, 0.05) is 32.4 Å². The van der Waals surface area contributed by atoms with Crippen LogP contribution in [0, 0.1) is 0 Å². The van der Waals surface area contributed by atoms with Gasteiger partial charge in [-0.1, -0.05) is 0 Å². The van der Waals surface area contributed by atoms with Gasteiger partial charge >= 0.3 is 0 Å². The third-order valence-corrected chi connectivity index (χ3v) is 2.15. The molecule has 0 aliphatic rings. The van der Waals surface area contributed by atoms with Crippen LogP contribution in [-0.2, 0) is 0 Å². The Bertz CT molecular complexity index is 300. The Labute approximate surface area is 96.4 Å². The van der Waals surface area contributed by atoms with Crippen molar-refractivity contribution in [2.24, 2.45) is 11.5 Å². The molecule has 5 nitrogen and oxygen atoms in total. The number of ether oxygens (including phenoxy) is 1. The lowest BCUT2D eigenvalue weighted by Crippen LogP contribution is -2.34. The van der Waals surface area contributed by atoms with Crippen LogP contribution >= 0.6 is 0 Å². The van der Waals surface area contributed by atoms with Crippen LogP contribution in [0.2, 0.25) is 0 Å². The smallest absolute Gasteiger partial charge is 0.171 e. The summed E-state index contributed by atoms with van der Waals surface area (Å²) in [5, 5.41) is 0. The van der Waals surface area contributed by atoms with Gasteiger partial charge in [-0.05, 0) is 19.1 Å². The summed E-state index contributed by atoms with van der Waals surface area (Å²) in [5.41, 5.74) is 11.1. The average molecular weight is 224 g/mol. The van der Waals surface area contributed by atoms with Gasteiger partial charge in [-0.3, -0.25) is 0 Å². The van der Waals surface area contributed by atoms with Crippen molar-refractivity contribution < 1.29 is 4.74 Å². The van der Waals surface area contributed by atoms with Crippen molar-refractivity contribution in [1.82, 2.24) is 4.98 Å². The minimum Gasteiger partial charge on any atom is -0.490 e. The second-order valence-corrected chi connectivity index (χ2v) is 3.32. The van der Waals surface area contributed by atoms with Crippen LogP contribution in [0.15, 0.2) is 18.3 Å². The number of nitrogens with two attached hydrogens (primary N) is 2. The van der Waals surface area contributed by atoms with Gasteiger partial charge in [0.1, 0.15) is 0 Å². The van der Waals surface area contributed by atoms with E-state index in [1.807, 2.05) is 24.0 Å². The summed E-state index contributed by atoms with van der Waals surface area (Å²) in [6.45, 7) is 5.18. The first-order chi connectivity index (χ1) is 7.83. The molecule has 1 rings (SSSR count). The Morgan fingerprint density at radius 3 is 2.56 bits per heavy atom. The molecule has 0 bridgehead atoms. The average Bonchev–Trinajstić information content (AvgIpc) is 2.30. The van der Waals surface area contributed by atoms with E-state index in [4.69, 9.17) is 16.2 Å². The van der Waals surface area contributed by atoms with Gasteiger partial charge in [0.25, 0.3) is 0 Å². The third-order valence-electron chi connectivity index (χ3n) is 2.15. The second kappa shape index (κ2) is 7.03. The number of hydrogen-bond donors (Lipinski definition) is 2. The molecule has 0 aromatic carbocycles. The number of rotatable bonds is 7. The topological polar surface area (TPSA) is 77.4 Å². The highest BCUT2D eigenvalue weighted by atomic mass is 16.5. The molecule has 4 N–H and O–H groups in total. The second-order valence-electron chi connectivity index (χ2n) is 3.32. The summed E-state index contributed by atoms with van der Waals surface area (Å²) in [5.74, 6) is 1.60. The normalized spacial score (nSPS) is 10.2. The summed E-state index contributed by atoms with van der Waals surface area (Å²) >= 11 is 0. The Balaban J connectivity index is 2.87. The van der Waals surface area contributed by atoms with Crippen molar-refractivity contribution in [2.75, 3.05) is 37.7 Å². The zero-order chi connectivity index (χ0) is 11.8. The van der Waals surface area contributed by atoms with Crippen LogP contribution < -0.4 is 21.1 Å². The van der Waals surface area contributed by atoms with Gasteiger partial charge in [-0.15, -0.1) is 0 Å². The highest BCUT2D eigenvalue weighted by molar-refractivity contribution is 5.52. The fourth-order valence-electron chi connectivity index (χ4n) is 1.52. The molecule has 0 spiro atoms. The van der Waals surface area contributed by atoms with E-state index in [0.29, 0.717) is 19.7 Å². The predicted octanol–water partition coefficient (Wildman–Crippen LogP) is 0.204. The van der Waals surface area contributed by atoms with Gasteiger partial charge in [0.2, 0.25) is 0 Å². The largest absolute Gasteiger partial charge is 0.490 e. The Morgan fingerprint density at radius 2 is 2.00 bits per heavy atom. The number of hydrogen-bond acceptors (Lipinski definition) is 5. The highest BCUT2D eigenvalue weighted by Crippen LogP contribution is 2.24. The van der Waals surface area contributed by atoms with Crippen molar-refractivity contribution >= 4 is 5.82 Å². The summed E-state index contributed by atoms with van der Waals surface area (Å²) in [7, 11) is 0. The Kier molecular flexibility index (Phi) is 5.60. The van der Waals surface area contributed by atoms with Crippen molar-refractivity contribution in [3.05, 3.63) is 18.3 Å². The van der Waals surface area contributed by atoms with Crippen LogP contribution in [-0.4, -0.2) is 37.8 Å². The van der Waals surface area contributed by atoms with E-state index >= 15 is 0 Å². The molecule has 0 aliphatic carbocycles. The molecule has 1 aromatic heterocycles. The molecule has 5 heteroatoms.